The van der Waals surface area contributed by atoms with Crippen LogP contribution in [0.25, 0.3) is 11.1 Å². The summed E-state index contributed by atoms with van der Waals surface area (Å²) in [5.41, 5.74) is 8.31. The maximum absolute atomic E-state index is 11.1. The normalized spacial score (nSPS) is 11.0. The number of nitrogens with one attached hydrogen (secondary N) is 2. The molecule has 0 saturated carbocycles. The van der Waals surface area contributed by atoms with Crippen LogP contribution in [-0.4, -0.2) is 26.5 Å². The summed E-state index contributed by atoms with van der Waals surface area (Å²) in [6.45, 7) is 1.51. The third kappa shape index (κ3) is 2.48. The lowest BCUT2D eigenvalue weighted by Crippen LogP contribution is -2.08. The number of nitrogens with zero attached hydrogens (tertiary/aromatic N) is 3. The van der Waals surface area contributed by atoms with Crippen LogP contribution in [0.1, 0.15) is 6.42 Å². The summed E-state index contributed by atoms with van der Waals surface area (Å²) in [7, 11) is 0. The second kappa shape index (κ2) is 5.08. The molecule has 0 amide bonds. The van der Waals surface area contributed by atoms with Crippen LogP contribution < -0.4 is 16.8 Å². The number of nitrogen functional groups attached to an aromatic ring is 1. The van der Waals surface area contributed by atoms with E-state index in [9.17, 15) is 4.79 Å². The monoisotopic (exact) mass is 274 g/mol. The average molecular weight is 274 g/mol. The Bertz CT molecular complexity index is 758. The summed E-state index contributed by atoms with van der Waals surface area (Å²) in [6, 6.07) is 3.40. The lowest BCUT2D eigenvalue weighted by atomic mass is 10.2. The van der Waals surface area contributed by atoms with Gasteiger partial charge in [0.05, 0.1) is 23.1 Å². The van der Waals surface area contributed by atoms with Crippen molar-refractivity contribution >= 4 is 22.5 Å². The van der Waals surface area contributed by atoms with Crippen LogP contribution in [0, 0.1) is 0 Å². The number of aromatic amines is 1. The van der Waals surface area contributed by atoms with Gasteiger partial charge in [0, 0.05) is 25.4 Å². The molecule has 0 aliphatic heterocycles. The summed E-state index contributed by atoms with van der Waals surface area (Å²) in [4.78, 5) is 13.7. The zero-order valence-corrected chi connectivity index (χ0v) is 10.7. The number of oxazole rings is 1. The van der Waals surface area contributed by atoms with Crippen LogP contribution in [0.3, 0.4) is 0 Å². The highest BCUT2D eigenvalue weighted by Crippen LogP contribution is 2.24. The Kier molecular flexibility index (Phi) is 3.12. The van der Waals surface area contributed by atoms with Crippen molar-refractivity contribution < 1.29 is 4.42 Å². The van der Waals surface area contributed by atoms with Crippen molar-refractivity contribution in [2.24, 2.45) is 0 Å². The first-order valence-corrected chi connectivity index (χ1v) is 6.23. The van der Waals surface area contributed by atoms with Crippen LogP contribution in [0.5, 0.6) is 0 Å². The number of nitrogens with two attached hydrogens (primary N) is 1. The molecule has 2 heterocycles. The number of hydrogen-bond donors (Lipinski definition) is 3. The molecule has 8 heteroatoms. The lowest BCUT2D eigenvalue weighted by Gasteiger charge is -2.09. The molecule has 0 aliphatic carbocycles. The molecule has 3 rings (SSSR count). The fraction of sp³-hybridized carbons (Fsp3) is 0.250. The van der Waals surface area contributed by atoms with E-state index < -0.39 is 5.76 Å². The van der Waals surface area contributed by atoms with E-state index in [1.807, 2.05) is 6.20 Å². The van der Waals surface area contributed by atoms with Gasteiger partial charge in [0.25, 0.3) is 0 Å². The molecule has 0 aliphatic rings. The molecule has 4 N–H and O–H groups in total. The first-order chi connectivity index (χ1) is 9.72. The highest BCUT2D eigenvalue weighted by molar-refractivity contribution is 5.85. The minimum absolute atomic E-state index is 0.459. The molecule has 2 aromatic heterocycles. The van der Waals surface area contributed by atoms with Gasteiger partial charge < -0.3 is 15.5 Å². The largest absolute Gasteiger partial charge is 0.417 e. The van der Waals surface area contributed by atoms with E-state index in [0.717, 1.165) is 25.2 Å². The molecule has 0 atom stereocenters. The molecule has 20 heavy (non-hydrogen) atoms. The Morgan fingerprint density at radius 3 is 3.15 bits per heavy atom. The number of rotatable bonds is 5. The third-order valence-electron chi connectivity index (χ3n) is 2.94. The lowest BCUT2D eigenvalue weighted by molar-refractivity contribution is 0.555. The van der Waals surface area contributed by atoms with Gasteiger partial charge in [-0.25, -0.2) is 4.79 Å². The van der Waals surface area contributed by atoms with E-state index in [4.69, 9.17) is 10.2 Å². The molecule has 8 nitrogen and oxygen atoms in total. The molecule has 0 spiro atoms. The molecule has 1 aromatic carbocycles. The number of benzene rings is 1. The summed E-state index contributed by atoms with van der Waals surface area (Å²) >= 11 is 0. The highest BCUT2D eigenvalue weighted by atomic mass is 16.4. The van der Waals surface area contributed by atoms with Gasteiger partial charge in [-0.2, -0.15) is 0 Å². The smallest absolute Gasteiger partial charge is 0.408 e. The first-order valence-electron chi connectivity index (χ1n) is 6.23. The fourth-order valence-corrected chi connectivity index (χ4v) is 1.98. The molecule has 0 radical (unpaired) electrons. The number of hydrogen-bond acceptors (Lipinski definition) is 6. The maximum Gasteiger partial charge on any atom is 0.417 e. The Hall–Kier alpha value is -2.77. The van der Waals surface area contributed by atoms with Crippen LogP contribution >= 0.6 is 0 Å². The Morgan fingerprint density at radius 2 is 2.35 bits per heavy atom. The van der Waals surface area contributed by atoms with Gasteiger partial charge in [0.2, 0.25) is 0 Å². The molecular weight excluding hydrogens is 260 g/mol. The van der Waals surface area contributed by atoms with Gasteiger partial charge in [0.1, 0.15) is 0 Å². The van der Waals surface area contributed by atoms with E-state index in [1.165, 1.54) is 0 Å². The van der Waals surface area contributed by atoms with Crippen molar-refractivity contribution in [3.63, 3.8) is 0 Å². The molecule has 3 aromatic rings. The van der Waals surface area contributed by atoms with Gasteiger partial charge in [0.15, 0.2) is 5.58 Å². The SMILES string of the molecule is Nc1cc2oc(=O)[nH]c2cc1NCCCn1ccnn1. The Labute approximate surface area is 113 Å². The van der Waals surface area contributed by atoms with Crippen LogP contribution in [0.4, 0.5) is 11.4 Å². The van der Waals surface area contributed by atoms with Crippen molar-refractivity contribution in [3.05, 3.63) is 35.1 Å². The quantitative estimate of drug-likeness (QED) is 0.468. The summed E-state index contributed by atoms with van der Waals surface area (Å²) in [5, 5.41) is 10.8. The summed E-state index contributed by atoms with van der Waals surface area (Å²) < 4.78 is 6.71. The Morgan fingerprint density at radius 1 is 1.45 bits per heavy atom. The number of aryl methyl sites for hydroxylation is 1. The fourth-order valence-electron chi connectivity index (χ4n) is 1.98. The van der Waals surface area contributed by atoms with Crippen LogP contribution in [0.2, 0.25) is 0 Å². The molecule has 0 fully saturated rings. The van der Waals surface area contributed by atoms with Gasteiger partial charge in [-0.05, 0) is 12.5 Å². The van der Waals surface area contributed by atoms with Crippen molar-refractivity contribution in [1.82, 2.24) is 20.0 Å². The number of aromatic nitrogens is 4. The number of H-pyrrole nitrogens is 1. The second-order valence-corrected chi connectivity index (χ2v) is 4.40. The van der Waals surface area contributed by atoms with E-state index >= 15 is 0 Å². The van der Waals surface area contributed by atoms with Crippen molar-refractivity contribution in [2.45, 2.75) is 13.0 Å². The predicted octanol–water partition coefficient (Wildman–Crippen LogP) is 0.797. The van der Waals surface area contributed by atoms with Crippen molar-refractivity contribution in [2.75, 3.05) is 17.6 Å². The molecule has 104 valence electrons. The van der Waals surface area contributed by atoms with Gasteiger partial charge >= 0.3 is 5.76 Å². The molecule has 0 bridgehead atoms. The van der Waals surface area contributed by atoms with E-state index in [0.29, 0.717) is 16.8 Å². The van der Waals surface area contributed by atoms with Crippen LogP contribution in [-0.2, 0) is 6.54 Å². The minimum atomic E-state index is -0.484. The standard InChI is InChI=1S/C12H14N6O2/c13-8-6-11-10(16-12(19)20-11)7-9(8)14-2-1-4-18-5-3-15-17-18/h3,5-7,14H,1-2,4,13H2,(H,16,19). The third-order valence-corrected chi connectivity index (χ3v) is 2.94. The number of fused-ring (bicyclic) bond motifs is 1. The van der Waals surface area contributed by atoms with E-state index in [-0.39, 0.29) is 0 Å². The summed E-state index contributed by atoms with van der Waals surface area (Å²) in [6.07, 6.45) is 4.34. The zero-order chi connectivity index (χ0) is 13.9. The van der Waals surface area contributed by atoms with E-state index in [2.05, 4.69) is 20.6 Å². The van der Waals surface area contributed by atoms with Gasteiger partial charge in [-0.1, -0.05) is 5.21 Å². The molecule has 0 unspecified atom stereocenters. The van der Waals surface area contributed by atoms with Crippen LogP contribution in [0.15, 0.2) is 33.7 Å². The highest BCUT2D eigenvalue weighted by Gasteiger charge is 2.06. The zero-order valence-electron chi connectivity index (χ0n) is 10.7. The van der Waals surface area contributed by atoms with Crippen molar-refractivity contribution in [3.8, 4) is 0 Å². The topological polar surface area (TPSA) is 115 Å². The molecular formula is C12H14N6O2. The predicted molar refractivity (Wildman–Crippen MR) is 74.4 cm³/mol. The second-order valence-electron chi connectivity index (χ2n) is 4.40. The van der Waals surface area contributed by atoms with E-state index in [1.54, 1.807) is 23.0 Å². The number of anilines is 2. The van der Waals surface area contributed by atoms with Gasteiger partial charge in [-0.3, -0.25) is 9.67 Å². The summed E-state index contributed by atoms with van der Waals surface area (Å²) in [5.74, 6) is -0.484. The average Bonchev–Trinajstić information content (AvgIpc) is 3.03. The first kappa shape index (κ1) is 12.3. The maximum atomic E-state index is 11.1. The van der Waals surface area contributed by atoms with Crippen molar-refractivity contribution in [1.29, 1.82) is 0 Å². The minimum Gasteiger partial charge on any atom is -0.408 e. The van der Waals surface area contributed by atoms with Gasteiger partial charge in [-0.15, -0.1) is 5.10 Å². The Balaban J connectivity index is 1.64. The molecule has 0 saturated heterocycles.